The highest BCUT2D eigenvalue weighted by molar-refractivity contribution is 5.96. The molecule has 4 heteroatoms. The van der Waals surface area contributed by atoms with Gasteiger partial charge in [0.15, 0.2) is 0 Å². The lowest BCUT2D eigenvalue weighted by atomic mass is 10.1. The smallest absolute Gasteiger partial charge is 0.255 e. The Balaban J connectivity index is 2.14. The van der Waals surface area contributed by atoms with E-state index in [9.17, 15) is 4.79 Å². The van der Waals surface area contributed by atoms with Gasteiger partial charge >= 0.3 is 0 Å². The fourth-order valence-electron chi connectivity index (χ4n) is 2.48. The number of carbonyl (C=O) groups excluding carboxylic acids is 1. The third-order valence-electron chi connectivity index (χ3n) is 3.46. The minimum atomic E-state index is 0.0468. The van der Waals surface area contributed by atoms with Gasteiger partial charge in [-0.05, 0) is 18.6 Å². The Bertz CT molecular complexity index is 531. The number of rotatable bonds is 3. The van der Waals surface area contributed by atoms with Crippen molar-refractivity contribution in [3.05, 3.63) is 35.4 Å². The number of ether oxygens (including phenoxy) is 1. The summed E-state index contributed by atoms with van der Waals surface area (Å²) >= 11 is 0. The van der Waals surface area contributed by atoms with Crippen LogP contribution in [0.5, 0.6) is 0 Å². The molecular formula is C16H20N2O2. The van der Waals surface area contributed by atoms with Gasteiger partial charge in [-0.25, -0.2) is 0 Å². The summed E-state index contributed by atoms with van der Waals surface area (Å²) in [6, 6.07) is 7.43. The van der Waals surface area contributed by atoms with Crippen LogP contribution in [-0.2, 0) is 4.74 Å². The van der Waals surface area contributed by atoms with E-state index in [1.807, 2.05) is 29.2 Å². The quantitative estimate of drug-likeness (QED) is 0.839. The number of methoxy groups -OCH3 is 1. The largest absolute Gasteiger partial charge is 0.384 e. The van der Waals surface area contributed by atoms with Gasteiger partial charge in [0.1, 0.15) is 0 Å². The first-order chi connectivity index (χ1) is 9.76. The van der Waals surface area contributed by atoms with Crippen molar-refractivity contribution in [1.82, 2.24) is 4.90 Å². The molecule has 0 saturated carbocycles. The van der Waals surface area contributed by atoms with E-state index in [4.69, 9.17) is 10.5 Å². The van der Waals surface area contributed by atoms with Crippen LogP contribution in [0.25, 0.3) is 0 Å². The number of hydrogen-bond donors (Lipinski definition) is 1. The molecule has 1 saturated heterocycles. The van der Waals surface area contributed by atoms with E-state index in [1.165, 1.54) is 0 Å². The predicted molar refractivity (Wildman–Crippen MR) is 78.3 cm³/mol. The first-order valence-electron chi connectivity index (χ1n) is 6.82. The minimum Gasteiger partial charge on any atom is -0.384 e. The van der Waals surface area contributed by atoms with E-state index in [1.54, 1.807) is 7.11 Å². The molecule has 1 heterocycles. The van der Waals surface area contributed by atoms with Gasteiger partial charge in [-0.15, -0.1) is 0 Å². The zero-order valence-electron chi connectivity index (χ0n) is 11.8. The van der Waals surface area contributed by atoms with Crippen LogP contribution in [0.4, 0.5) is 0 Å². The first-order valence-corrected chi connectivity index (χ1v) is 6.82. The number of benzene rings is 1. The summed E-state index contributed by atoms with van der Waals surface area (Å²) in [5.41, 5.74) is 6.80. The van der Waals surface area contributed by atoms with E-state index in [0.717, 1.165) is 25.1 Å². The molecule has 20 heavy (non-hydrogen) atoms. The number of nitrogens with two attached hydrogens (primary N) is 1. The maximum atomic E-state index is 12.6. The molecule has 1 amide bonds. The van der Waals surface area contributed by atoms with Crippen molar-refractivity contribution in [2.24, 2.45) is 11.7 Å². The molecule has 1 aromatic carbocycles. The van der Waals surface area contributed by atoms with Gasteiger partial charge in [0.2, 0.25) is 0 Å². The molecule has 1 fully saturated rings. The topological polar surface area (TPSA) is 55.6 Å². The Morgan fingerprint density at radius 2 is 2.30 bits per heavy atom. The summed E-state index contributed by atoms with van der Waals surface area (Å²) in [6.07, 6.45) is 0.996. The molecule has 1 unspecified atom stereocenters. The van der Waals surface area contributed by atoms with Crippen molar-refractivity contribution < 1.29 is 9.53 Å². The number of nitrogens with zero attached hydrogens (tertiary/aromatic N) is 1. The molecule has 1 aliphatic rings. The second-order valence-electron chi connectivity index (χ2n) is 4.91. The summed E-state index contributed by atoms with van der Waals surface area (Å²) in [6.45, 7) is 2.54. The van der Waals surface area contributed by atoms with Gasteiger partial charge < -0.3 is 15.4 Å². The molecule has 0 aromatic heterocycles. The molecule has 4 nitrogen and oxygen atoms in total. The standard InChI is InChI=1S/C16H20N2O2/c1-20-12-13-8-10-18(11-13)16(19)15-7-3-2-5-14(15)6-4-9-17/h2-3,5,7,13H,8-12,17H2,1H3. The fraction of sp³-hybridized carbons (Fsp3) is 0.438. The highest BCUT2D eigenvalue weighted by atomic mass is 16.5. The molecule has 1 aliphatic heterocycles. The van der Waals surface area contributed by atoms with Gasteiger partial charge in [0, 0.05) is 31.7 Å². The summed E-state index contributed by atoms with van der Waals surface area (Å²) < 4.78 is 5.16. The van der Waals surface area contributed by atoms with E-state index < -0.39 is 0 Å². The fourth-order valence-corrected chi connectivity index (χ4v) is 2.48. The SMILES string of the molecule is COCC1CCN(C(=O)c2ccccc2C#CCN)C1. The van der Waals surface area contributed by atoms with Crippen LogP contribution in [0.2, 0.25) is 0 Å². The molecule has 1 aromatic rings. The van der Waals surface area contributed by atoms with Crippen molar-refractivity contribution in [3.63, 3.8) is 0 Å². The lowest BCUT2D eigenvalue weighted by Gasteiger charge is -2.17. The Kier molecular flexibility index (Phi) is 5.16. The van der Waals surface area contributed by atoms with E-state index in [0.29, 0.717) is 24.6 Å². The van der Waals surface area contributed by atoms with Gasteiger partial charge in [0.05, 0.1) is 18.7 Å². The van der Waals surface area contributed by atoms with Crippen molar-refractivity contribution in [3.8, 4) is 11.8 Å². The van der Waals surface area contributed by atoms with E-state index in [2.05, 4.69) is 11.8 Å². The summed E-state index contributed by atoms with van der Waals surface area (Å²) in [4.78, 5) is 14.4. The lowest BCUT2D eigenvalue weighted by Crippen LogP contribution is -2.29. The summed E-state index contributed by atoms with van der Waals surface area (Å²) in [5, 5.41) is 0. The zero-order chi connectivity index (χ0) is 14.4. The normalized spacial score (nSPS) is 17.7. The Labute approximate surface area is 119 Å². The first kappa shape index (κ1) is 14.6. The van der Waals surface area contributed by atoms with Crippen LogP contribution in [0.15, 0.2) is 24.3 Å². The Morgan fingerprint density at radius 3 is 3.05 bits per heavy atom. The van der Waals surface area contributed by atoms with Crippen LogP contribution in [-0.4, -0.2) is 44.2 Å². The minimum absolute atomic E-state index is 0.0468. The van der Waals surface area contributed by atoms with Crippen LogP contribution >= 0.6 is 0 Å². The highest BCUT2D eigenvalue weighted by Crippen LogP contribution is 2.20. The van der Waals surface area contributed by atoms with Crippen LogP contribution < -0.4 is 5.73 Å². The third-order valence-corrected chi connectivity index (χ3v) is 3.46. The molecule has 0 spiro atoms. The second-order valence-corrected chi connectivity index (χ2v) is 4.91. The van der Waals surface area contributed by atoms with Crippen LogP contribution in [0.3, 0.4) is 0 Å². The zero-order valence-corrected chi connectivity index (χ0v) is 11.8. The molecular weight excluding hydrogens is 252 g/mol. The van der Waals surface area contributed by atoms with Crippen LogP contribution in [0, 0.1) is 17.8 Å². The summed E-state index contributed by atoms with van der Waals surface area (Å²) in [7, 11) is 1.70. The third kappa shape index (κ3) is 3.38. The molecule has 2 N–H and O–H groups in total. The Morgan fingerprint density at radius 1 is 1.50 bits per heavy atom. The van der Waals surface area contributed by atoms with Gasteiger partial charge in [-0.1, -0.05) is 24.0 Å². The number of amides is 1. The molecule has 2 rings (SSSR count). The summed E-state index contributed by atoms with van der Waals surface area (Å²) in [5.74, 6) is 6.26. The van der Waals surface area contributed by atoms with Crippen molar-refractivity contribution in [1.29, 1.82) is 0 Å². The number of hydrogen-bond acceptors (Lipinski definition) is 3. The average molecular weight is 272 g/mol. The van der Waals surface area contributed by atoms with Gasteiger partial charge in [0.25, 0.3) is 5.91 Å². The van der Waals surface area contributed by atoms with E-state index >= 15 is 0 Å². The monoisotopic (exact) mass is 272 g/mol. The molecule has 0 bridgehead atoms. The van der Waals surface area contributed by atoms with Crippen molar-refractivity contribution >= 4 is 5.91 Å². The molecule has 0 radical (unpaired) electrons. The molecule has 1 atom stereocenters. The Hall–Kier alpha value is -1.83. The molecule has 0 aliphatic carbocycles. The van der Waals surface area contributed by atoms with Crippen LogP contribution in [0.1, 0.15) is 22.3 Å². The lowest BCUT2D eigenvalue weighted by molar-refractivity contribution is 0.0775. The number of carbonyl (C=O) groups is 1. The average Bonchev–Trinajstić information content (AvgIpc) is 2.94. The van der Waals surface area contributed by atoms with Gasteiger partial charge in [-0.3, -0.25) is 4.79 Å². The molecule has 106 valence electrons. The highest BCUT2D eigenvalue weighted by Gasteiger charge is 2.27. The van der Waals surface area contributed by atoms with E-state index in [-0.39, 0.29) is 5.91 Å². The second kappa shape index (κ2) is 7.09. The maximum Gasteiger partial charge on any atom is 0.255 e. The maximum absolute atomic E-state index is 12.6. The number of likely N-dealkylation sites (tertiary alicyclic amines) is 1. The van der Waals surface area contributed by atoms with Crippen molar-refractivity contribution in [2.45, 2.75) is 6.42 Å². The van der Waals surface area contributed by atoms with Gasteiger partial charge in [-0.2, -0.15) is 0 Å². The predicted octanol–water partition coefficient (Wildman–Crippen LogP) is 1.11. The van der Waals surface area contributed by atoms with Crippen molar-refractivity contribution in [2.75, 3.05) is 33.4 Å².